The van der Waals surface area contributed by atoms with Crippen LogP contribution in [-0.2, 0) is 11.3 Å². The molecule has 1 aromatic rings. The molecule has 6 heteroatoms. The molecule has 0 saturated carbocycles. The van der Waals surface area contributed by atoms with E-state index in [1.807, 2.05) is 25.1 Å². The zero-order valence-electron chi connectivity index (χ0n) is 11.8. The number of nitrogens with one attached hydrogen (secondary N) is 2. The van der Waals surface area contributed by atoms with Crippen molar-refractivity contribution in [3.63, 3.8) is 0 Å². The van der Waals surface area contributed by atoms with Crippen LogP contribution in [0.1, 0.15) is 17.5 Å². The van der Waals surface area contributed by atoms with Crippen molar-refractivity contribution in [3.8, 4) is 0 Å². The molecular weight excluding hydrogens is 324 g/mol. The number of carbonyl (C=O) groups is 1. The maximum absolute atomic E-state index is 11.8. The first-order chi connectivity index (χ1) is 9.56. The summed E-state index contributed by atoms with van der Waals surface area (Å²) >= 11 is 3.41. The van der Waals surface area contributed by atoms with Crippen LogP contribution < -0.4 is 10.6 Å². The zero-order chi connectivity index (χ0) is 15.0. The van der Waals surface area contributed by atoms with Crippen LogP contribution in [0.15, 0.2) is 22.7 Å². The molecule has 20 heavy (non-hydrogen) atoms. The van der Waals surface area contributed by atoms with Crippen LogP contribution in [0.4, 0.5) is 4.79 Å². The summed E-state index contributed by atoms with van der Waals surface area (Å²) in [4.78, 5) is 11.8. The topological polar surface area (TPSA) is 70.6 Å². The third-order valence-corrected chi connectivity index (χ3v) is 3.47. The number of hydrogen-bond acceptors (Lipinski definition) is 3. The van der Waals surface area contributed by atoms with Crippen LogP contribution in [-0.4, -0.2) is 37.5 Å². The standard InChI is InChI=1S/C14H21BrN2O3/c1-10-3-4-12(15)7-11(10)8-16-14(19)17-13(9-18)5-6-20-2/h3-4,7,13,18H,5-6,8-9H2,1-2H3,(H2,16,17,19)/t13-/m1/s1. The second kappa shape index (κ2) is 8.94. The number of aliphatic hydroxyl groups excluding tert-OH is 1. The first kappa shape index (κ1) is 16.9. The Kier molecular flexibility index (Phi) is 7.58. The van der Waals surface area contributed by atoms with Crippen molar-refractivity contribution in [2.45, 2.75) is 25.9 Å². The predicted octanol–water partition coefficient (Wildman–Crippen LogP) is 1.95. The number of ether oxygens (including phenoxy) is 1. The summed E-state index contributed by atoms with van der Waals surface area (Å²) in [5, 5.41) is 14.7. The number of halogens is 1. The largest absolute Gasteiger partial charge is 0.394 e. The third kappa shape index (κ3) is 5.90. The van der Waals surface area contributed by atoms with E-state index in [-0.39, 0.29) is 18.7 Å². The lowest BCUT2D eigenvalue weighted by Crippen LogP contribution is -2.44. The molecule has 0 aliphatic heterocycles. The molecule has 2 amide bonds. The minimum Gasteiger partial charge on any atom is -0.394 e. The number of amides is 2. The molecule has 0 aliphatic rings. The van der Waals surface area contributed by atoms with E-state index in [1.54, 1.807) is 7.11 Å². The second-order valence-corrected chi connectivity index (χ2v) is 5.47. The van der Waals surface area contributed by atoms with Crippen molar-refractivity contribution < 1.29 is 14.6 Å². The van der Waals surface area contributed by atoms with Gasteiger partial charge >= 0.3 is 6.03 Å². The summed E-state index contributed by atoms with van der Waals surface area (Å²) in [6.07, 6.45) is 0.580. The van der Waals surface area contributed by atoms with E-state index in [1.165, 1.54) is 0 Å². The Bertz CT molecular complexity index is 440. The van der Waals surface area contributed by atoms with E-state index in [9.17, 15) is 4.79 Å². The van der Waals surface area contributed by atoms with Crippen LogP contribution in [0, 0.1) is 6.92 Å². The molecule has 0 aliphatic carbocycles. The molecule has 0 spiro atoms. The Labute approximate surface area is 127 Å². The van der Waals surface area contributed by atoms with Gasteiger partial charge in [0.1, 0.15) is 0 Å². The predicted molar refractivity (Wildman–Crippen MR) is 81.6 cm³/mol. The number of urea groups is 1. The number of aliphatic hydroxyl groups is 1. The van der Waals surface area contributed by atoms with Crippen LogP contribution in [0.2, 0.25) is 0 Å². The van der Waals surface area contributed by atoms with Crippen molar-refractivity contribution in [2.75, 3.05) is 20.3 Å². The van der Waals surface area contributed by atoms with Gasteiger partial charge in [0.2, 0.25) is 0 Å². The number of methoxy groups -OCH3 is 1. The molecule has 0 heterocycles. The molecule has 5 nitrogen and oxygen atoms in total. The lowest BCUT2D eigenvalue weighted by atomic mass is 10.1. The fourth-order valence-corrected chi connectivity index (χ4v) is 2.12. The minimum absolute atomic E-state index is 0.104. The van der Waals surface area contributed by atoms with Gasteiger partial charge in [-0.2, -0.15) is 0 Å². The molecule has 112 valence electrons. The molecule has 3 N–H and O–H groups in total. The quantitative estimate of drug-likeness (QED) is 0.708. The maximum atomic E-state index is 11.8. The van der Waals surface area contributed by atoms with E-state index in [2.05, 4.69) is 26.6 Å². The summed E-state index contributed by atoms with van der Waals surface area (Å²) in [5.41, 5.74) is 2.17. The van der Waals surface area contributed by atoms with Crippen molar-refractivity contribution in [1.29, 1.82) is 0 Å². The van der Waals surface area contributed by atoms with Gasteiger partial charge in [0.15, 0.2) is 0 Å². The van der Waals surface area contributed by atoms with Gasteiger partial charge in [0.05, 0.1) is 12.6 Å². The fraction of sp³-hybridized carbons (Fsp3) is 0.500. The fourth-order valence-electron chi connectivity index (χ4n) is 1.71. The number of rotatable bonds is 7. The lowest BCUT2D eigenvalue weighted by molar-refractivity contribution is 0.159. The Balaban J connectivity index is 2.44. The van der Waals surface area contributed by atoms with Crippen molar-refractivity contribution in [3.05, 3.63) is 33.8 Å². The van der Waals surface area contributed by atoms with Gasteiger partial charge in [-0.1, -0.05) is 22.0 Å². The second-order valence-electron chi connectivity index (χ2n) is 4.56. The summed E-state index contributed by atoms with van der Waals surface area (Å²) in [5.74, 6) is 0. The van der Waals surface area contributed by atoms with Gasteiger partial charge in [0, 0.05) is 24.7 Å². The van der Waals surface area contributed by atoms with E-state index in [4.69, 9.17) is 9.84 Å². The zero-order valence-corrected chi connectivity index (χ0v) is 13.4. The molecule has 0 aromatic heterocycles. The summed E-state index contributed by atoms with van der Waals surface area (Å²) in [7, 11) is 1.59. The maximum Gasteiger partial charge on any atom is 0.315 e. The molecule has 0 unspecified atom stereocenters. The summed E-state index contributed by atoms with van der Waals surface area (Å²) in [6, 6.07) is 5.35. The molecule has 1 aromatic carbocycles. The minimum atomic E-state index is -0.293. The van der Waals surface area contributed by atoms with Crippen molar-refractivity contribution in [2.24, 2.45) is 0 Å². The van der Waals surface area contributed by atoms with E-state index in [0.29, 0.717) is 19.6 Å². The van der Waals surface area contributed by atoms with Gasteiger partial charge < -0.3 is 20.5 Å². The molecule has 0 bridgehead atoms. The van der Waals surface area contributed by atoms with Crippen LogP contribution >= 0.6 is 15.9 Å². The summed E-state index contributed by atoms with van der Waals surface area (Å²) in [6.45, 7) is 2.83. The van der Waals surface area contributed by atoms with Gasteiger partial charge in [-0.25, -0.2) is 4.79 Å². The van der Waals surface area contributed by atoms with Gasteiger partial charge in [0.25, 0.3) is 0 Å². The highest BCUT2D eigenvalue weighted by Crippen LogP contribution is 2.15. The van der Waals surface area contributed by atoms with Crippen LogP contribution in [0.25, 0.3) is 0 Å². The SMILES string of the molecule is COCC[C@H](CO)NC(=O)NCc1cc(Br)ccc1C. The van der Waals surface area contributed by atoms with Crippen molar-refractivity contribution >= 4 is 22.0 Å². The third-order valence-electron chi connectivity index (χ3n) is 2.98. The Hall–Kier alpha value is -1.11. The number of hydrogen-bond donors (Lipinski definition) is 3. The summed E-state index contributed by atoms with van der Waals surface area (Å²) < 4.78 is 5.91. The smallest absolute Gasteiger partial charge is 0.315 e. The van der Waals surface area contributed by atoms with E-state index < -0.39 is 0 Å². The Morgan fingerprint density at radius 2 is 2.25 bits per heavy atom. The molecule has 0 radical (unpaired) electrons. The highest BCUT2D eigenvalue weighted by molar-refractivity contribution is 9.10. The number of benzene rings is 1. The number of aryl methyl sites for hydroxylation is 1. The van der Waals surface area contributed by atoms with Crippen LogP contribution in [0.3, 0.4) is 0 Å². The first-order valence-electron chi connectivity index (χ1n) is 6.46. The van der Waals surface area contributed by atoms with E-state index in [0.717, 1.165) is 15.6 Å². The average Bonchev–Trinajstić information content (AvgIpc) is 2.44. The Morgan fingerprint density at radius 1 is 1.50 bits per heavy atom. The van der Waals surface area contributed by atoms with Gasteiger partial charge in [-0.15, -0.1) is 0 Å². The first-order valence-corrected chi connectivity index (χ1v) is 7.25. The molecular formula is C14H21BrN2O3. The average molecular weight is 345 g/mol. The highest BCUT2D eigenvalue weighted by Gasteiger charge is 2.11. The van der Waals surface area contributed by atoms with Crippen molar-refractivity contribution in [1.82, 2.24) is 10.6 Å². The van der Waals surface area contributed by atoms with Gasteiger partial charge in [-0.05, 0) is 36.6 Å². The van der Waals surface area contributed by atoms with E-state index >= 15 is 0 Å². The monoisotopic (exact) mass is 344 g/mol. The van der Waals surface area contributed by atoms with Gasteiger partial charge in [-0.3, -0.25) is 0 Å². The molecule has 0 saturated heterocycles. The lowest BCUT2D eigenvalue weighted by Gasteiger charge is -2.16. The highest BCUT2D eigenvalue weighted by atomic mass is 79.9. The molecule has 0 fully saturated rings. The Morgan fingerprint density at radius 3 is 2.90 bits per heavy atom. The molecule has 1 atom stereocenters. The van der Waals surface area contributed by atoms with Crippen LogP contribution in [0.5, 0.6) is 0 Å². The number of carbonyl (C=O) groups excluding carboxylic acids is 1. The molecule has 1 rings (SSSR count). The normalized spacial score (nSPS) is 12.0.